The van der Waals surface area contributed by atoms with Crippen LogP contribution < -0.4 is 11.1 Å². The quantitative estimate of drug-likeness (QED) is 0.673. The maximum atomic E-state index is 12.4. The van der Waals surface area contributed by atoms with Gasteiger partial charge in [0.25, 0.3) is 5.91 Å². The van der Waals surface area contributed by atoms with Gasteiger partial charge in [0, 0.05) is 24.8 Å². The molecule has 2 aromatic carbocycles. The molecule has 0 aliphatic carbocycles. The van der Waals surface area contributed by atoms with Gasteiger partial charge in [-0.15, -0.1) is 24.8 Å². The molecule has 0 spiro atoms. The molecule has 1 aromatic heterocycles. The molecule has 1 fully saturated rings. The Hall–Kier alpha value is -2.12. The van der Waals surface area contributed by atoms with Crippen molar-refractivity contribution in [3.05, 3.63) is 48.5 Å². The van der Waals surface area contributed by atoms with Crippen LogP contribution in [-0.4, -0.2) is 34.2 Å². The number of hydrogen-bond donors (Lipinski definition) is 2. The minimum Gasteiger partial charge on any atom is -0.364 e. The predicted molar refractivity (Wildman–Crippen MR) is 116 cm³/mol. The number of nitrogens with one attached hydrogen (secondary N) is 1. The number of anilines is 1. The number of fused-ring (bicyclic) bond motifs is 1. The topological polar surface area (TPSA) is 82.2 Å². The number of aryl methyl sites for hydroxylation is 1. The van der Waals surface area contributed by atoms with Gasteiger partial charge in [0.15, 0.2) is 0 Å². The number of imidazole rings is 1. The van der Waals surface area contributed by atoms with Gasteiger partial charge in [-0.1, -0.05) is 24.3 Å². The van der Waals surface area contributed by atoms with Crippen LogP contribution in [0, 0.1) is 0 Å². The Labute approximate surface area is 176 Å². The monoisotopic (exact) mass is 422 g/mol. The number of benzene rings is 2. The molecule has 4 rings (SSSR count). The summed E-state index contributed by atoms with van der Waals surface area (Å²) in [6.45, 7) is 0.450. The highest BCUT2D eigenvalue weighted by Gasteiger charge is 2.29. The number of nitrogens with two attached hydrogens (primary N) is 1. The van der Waals surface area contributed by atoms with Crippen molar-refractivity contribution in [1.29, 1.82) is 0 Å². The zero-order valence-corrected chi connectivity index (χ0v) is 17.1. The van der Waals surface area contributed by atoms with Crippen molar-refractivity contribution >= 4 is 47.4 Å². The van der Waals surface area contributed by atoms with Crippen molar-refractivity contribution in [3.63, 3.8) is 0 Å². The van der Waals surface area contributed by atoms with Crippen molar-refractivity contribution in [3.8, 4) is 11.4 Å². The Morgan fingerprint density at radius 1 is 1.21 bits per heavy atom. The van der Waals surface area contributed by atoms with E-state index in [2.05, 4.69) is 9.88 Å². The van der Waals surface area contributed by atoms with Crippen LogP contribution in [-0.2, 0) is 16.6 Å². The molecule has 1 saturated heterocycles. The number of nitrogens with zero attached hydrogens (tertiary/aromatic N) is 2. The maximum absolute atomic E-state index is 12.4. The van der Waals surface area contributed by atoms with Crippen LogP contribution in [0.1, 0.15) is 12.8 Å². The Morgan fingerprint density at radius 3 is 2.71 bits per heavy atom. The highest BCUT2D eigenvalue weighted by Crippen LogP contribution is 2.26. The van der Waals surface area contributed by atoms with Crippen LogP contribution in [0.2, 0.25) is 0 Å². The fraction of sp³-hybridized carbons (Fsp3) is 0.300. The summed E-state index contributed by atoms with van der Waals surface area (Å²) in [5, 5.41) is 2.95. The molecular weight excluding hydrogens is 399 g/mol. The van der Waals surface area contributed by atoms with E-state index in [1.54, 1.807) is 0 Å². The molecule has 0 saturated carbocycles. The summed E-state index contributed by atoms with van der Waals surface area (Å²) in [6.07, 6.45) is 1.09. The summed E-state index contributed by atoms with van der Waals surface area (Å²) in [7, 11) is 2.00. The predicted octanol–water partition coefficient (Wildman–Crippen LogP) is 3.53. The zero-order chi connectivity index (χ0) is 18.1. The first-order valence-electron chi connectivity index (χ1n) is 8.84. The van der Waals surface area contributed by atoms with Crippen molar-refractivity contribution in [1.82, 2.24) is 9.55 Å². The third kappa shape index (κ3) is 4.31. The lowest BCUT2D eigenvalue weighted by molar-refractivity contribution is -0.126. The number of para-hydroxylation sites is 2. The molecule has 28 heavy (non-hydrogen) atoms. The Balaban J connectivity index is 0.00000140. The fourth-order valence-corrected chi connectivity index (χ4v) is 3.43. The third-order valence-corrected chi connectivity index (χ3v) is 4.84. The lowest BCUT2D eigenvalue weighted by Gasteiger charge is -2.13. The van der Waals surface area contributed by atoms with Gasteiger partial charge in [-0.3, -0.25) is 4.79 Å². The van der Waals surface area contributed by atoms with E-state index in [4.69, 9.17) is 15.5 Å². The van der Waals surface area contributed by atoms with E-state index in [9.17, 15) is 4.79 Å². The average molecular weight is 423 g/mol. The first kappa shape index (κ1) is 22.2. The smallest absolute Gasteiger partial charge is 0.253 e. The summed E-state index contributed by atoms with van der Waals surface area (Å²) < 4.78 is 7.72. The number of amides is 1. The highest BCUT2D eigenvalue weighted by atomic mass is 35.5. The molecule has 150 valence electrons. The van der Waals surface area contributed by atoms with Gasteiger partial charge in [-0.25, -0.2) is 4.98 Å². The standard InChI is InChI=1S/C20H22N4O2.2ClH/c1-24-17-8-3-2-7-16(17)23-19(24)13-5-4-6-14(11-13)22-20(25)18-10-9-15(12-21)26-18;;/h2-8,11,15,18H,9-10,12,21H2,1H3,(H,22,25);2*1H/t15-,18+;;/m1../s1. The molecule has 1 amide bonds. The maximum Gasteiger partial charge on any atom is 0.253 e. The Morgan fingerprint density at radius 2 is 2.00 bits per heavy atom. The first-order valence-corrected chi connectivity index (χ1v) is 8.84. The fourth-order valence-electron chi connectivity index (χ4n) is 3.43. The van der Waals surface area contributed by atoms with Crippen molar-refractivity contribution < 1.29 is 9.53 Å². The Bertz CT molecular complexity index is 960. The van der Waals surface area contributed by atoms with E-state index in [0.29, 0.717) is 13.0 Å². The summed E-state index contributed by atoms with van der Waals surface area (Å²) in [6, 6.07) is 15.7. The number of aromatic nitrogens is 2. The van der Waals surface area contributed by atoms with Crippen molar-refractivity contribution in [2.24, 2.45) is 12.8 Å². The average Bonchev–Trinajstić information content (AvgIpc) is 3.27. The molecule has 2 heterocycles. The van der Waals surface area contributed by atoms with Crippen LogP contribution in [0.3, 0.4) is 0 Å². The summed E-state index contributed by atoms with van der Waals surface area (Å²) in [4.78, 5) is 17.1. The minimum atomic E-state index is -0.428. The molecule has 1 aliphatic rings. The lowest BCUT2D eigenvalue weighted by Crippen LogP contribution is -2.29. The Kier molecular flexibility index (Phi) is 7.43. The number of carbonyl (C=O) groups excluding carboxylic acids is 1. The van der Waals surface area contributed by atoms with E-state index < -0.39 is 6.10 Å². The molecule has 2 atom stereocenters. The van der Waals surface area contributed by atoms with Crippen LogP contribution in [0.25, 0.3) is 22.4 Å². The second kappa shape index (κ2) is 9.39. The van der Waals surface area contributed by atoms with E-state index >= 15 is 0 Å². The first-order chi connectivity index (χ1) is 12.7. The molecule has 1 aliphatic heterocycles. The highest BCUT2D eigenvalue weighted by molar-refractivity contribution is 5.95. The van der Waals surface area contributed by atoms with Gasteiger partial charge in [-0.05, 0) is 37.1 Å². The van der Waals surface area contributed by atoms with Gasteiger partial charge >= 0.3 is 0 Å². The number of halogens is 2. The van der Waals surface area contributed by atoms with E-state index in [1.807, 2.05) is 55.6 Å². The number of ether oxygens (including phenoxy) is 1. The van der Waals surface area contributed by atoms with Gasteiger partial charge < -0.3 is 20.4 Å². The molecule has 3 aromatic rings. The minimum absolute atomic E-state index is 0. The van der Waals surface area contributed by atoms with Gasteiger partial charge in [0.1, 0.15) is 11.9 Å². The second-order valence-corrected chi connectivity index (χ2v) is 6.61. The van der Waals surface area contributed by atoms with Crippen LogP contribution >= 0.6 is 24.8 Å². The molecule has 0 bridgehead atoms. The van der Waals surface area contributed by atoms with Gasteiger partial charge in [-0.2, -0.15) is 0 Å². The van der Waals surface area contributed by atoms with Crippen LogP contribution in [0.15, 0.2) is 48.5 Å². The van der Waals surface area contributed by atoms with E-state index in [1.165, 1.54) is 0 Å². The van der Waals surface area contributed by atoms with E-state index in [0.717, 1.165) is 34.5 Å². The van der Waals surface area contributed by atoms with Gasteiger partial charge in [0.2, 0.25) is 0 Å². The second-order valence-electron chi connectivity index (χ2n) is 6.61. The normalized spacial score (nSPS) is 18.4. The SMILES string of the molecule is Cl.Cl.Cn1c(-c2cccc(NC(=O)[C@@H]3CC[C@H](CN)O3)c2)nc2ccccc21. The molecule has 6 nitrogen and oxygen atoms in total. The third-order valence-electron chi connectivity index (χ3n) is 4.84. The molecule has 8 heteroatoms. The lowest BCUT2D eigenvalue weighted by atomic mass is 10.1. The molecule has 0 radical (unpaired) electrons. The van der Waals surface area contributed by atoms with Crippen LogP contribution in [0.5, 0.6) is 0 Å². The summed E-state index contributed by atoms with van der Waals surface area (Å²) in [5.41, 5.74) is 9.32. The van der Waals surface area contributed by atoms with Gasteiger partial charge in [0.05, 0.1) is 17.1 Å². The summed E-state index contributed by atoms with van der Waals surface area (Å²) in [5.74, 6) is 0.741. The van der Waals surface area contributed by atoms with Crippen LogP contribution in [0.4, 0.5) is 5.69 Å². The number of hydrogen-bond acceptors (Lipinski definition) is 4. The van der Waals surface area contributed by atoms with Crippen molar-refractivity contribution in [2.75, 3.05) is 11.9 Å². The summed E-state index contributed by atoms with van der Waals surface area (Å²) >= 11 is 0. The largest absolute Gasteiger partial charge is 0.364 e. The number of rotatable bonds is 4. The van der Waals surface area contributed by atoms with Crippen molar-refractivity contribution in [2.45, 2.75) is 25.0 Å². The van der Waals surface area contributed by atoms with E-state index in [-0.39, 0.29) is 36.8 Å². The molecule has 3 N–H and O–H groups in total. The molecule has 0 unspecified atom stereocenters. The number of carbonyl (C=O) groups is 1. The zero-order valence-electron chi connectivity index (χ0n) is 15.5. The molecular formula is C20H24Cl2N4O2.